The minimum atomic E-state index is -0.417. The molecular weight excluding hydrogens is 410 g/mol. The number of esters is 1. The molecule has 0 radical (unpaired) electrons. The Bertz CT molecular complexity index is 1320. The fraction of sp³-hybridized carbons (Fsp3) is 0.292. The van der Waals surface area contributed by atoms with E-state index in [2.05, 4.69) is 52.5 Å². The van der Waals surface area contributed by atoms with Gasteiger partial charge in [-0.15, -0.1) is 11.3 Å². The Balaban J connectivity index is 1.65. The maximum Gasteiger partial charge on any atom is 0.348 e. The summed E-state index contributed by atoms with van der Waals surface area (Å²) in [6, 6.07) is 14.4. The number of hydrogen-bond acceptors (Lipinski definition) is 6. The number of carbonyl (C=O) groups excluding carboxylic acids is 1. The molecule has 2 N–H and O–H groups in total. The van der Waals surface area contributed by atoms with E-state index in [1.807, 2.05) is 19.1 Å². The highest BCUT2D eigenvalue weighted by Gasteiger charge is 2.22. The number of benzene rings is 2. The summed E-state index contributed by atoms with van der Waals surface area (Å²) >= 11 is 1.20. The lowest BCUT2D eigenvalue weighted by molar-refractivity contribution is 0.0531. The van der Waals surface area contributed by atoms with Crippen LogP contribution in [0.1, 0.15) is 59.5 Å². The summed E-state index contributed by atoms with van der Waals surface area (Å²) in [5, 5.41) is 6.38. The first kappa shape index (κ1) is 21.2. The van der Waals surface area contributed by atoms with E-state index in [9.17, 15) is 9.59 Å². The van der Waals surface area contributed by atoms with Crippen molar-refractivity contribution < 1.29 is 9.53 Å². The monoisotopic (exact) mass is 435 g/mol. The predicted octanol–water partition coefficient (Wildman–Crippen LogP) is 5.03. The number of nitrogens with one attached hydrogen (secondary N) is 2. The van der Waals surface area contributed by atoms with Gasteiger partial charge in [-0.1, -0.05) is 42.5 Å². The standard InChI is InChI=1S/C24H25N3O3S/c1-5-30-24(29)20-13(2)19-22(28)26-21(27-23(19)31-20)15(4)25-14(3)17-12-8-10-16-9-6-7-11-18(16)17/h6-12,14-15,25H,5H2,1-4H3,(H,26,27,28). The Morgan fingerprint density at radius 3 is 2.68 bits per heavy atom. The summed E-state index contributed by atoms with van der Waals surface area (Å²) in [5.41, 5.74) is 1.56. The van der Waals surface area contributed by atoms with Crippen LogP contribution in [0, 0.1) is 6.92 Å². The molecule has 0 saturated heterocycles. The average molecular weight is 436 g/mol. The van der Waals surface area contributed by atoms with Gasteiger partial charge >= 0.3 is 5.97 Å². The molecule has 2 aromatic carbocycles. The van der Waals surface area contributed by atoms with Crippen molar-refractivity contribution in [2.75, 3.05) is 6.61 Å². The summed E-state index contributed by atoms with van der Waals surface area (Å²) in [6.45, 7) is 7.87. The van der Waals surface area contributed by atoms with E-state index in [0.717, 1.165) is 0 Å². The lowest BCUT2D eigenvalue weighted by atomic mass is 9.99. The summed E-state index contributed by atoms with van der Waals surface area (Å²) in [4.78, 5) is 33.5. The number of hydrogen-bond donors (Lipinski definition) is 2. The molecule has 0 fully saturated rings. The van der Waals surface area contributed by atoms with E-state index >= 15 is 0 Å². The number of rotatable bonds is 6. The third-order valence-corrected chi connectivity index (χ3v) is 6.65. The van der Waals surface area contributed by atoms with Gasteiger partial charge in [0.2, 0.25) is 0 Å². The molecule has 4 rings (SSSR count). The van der Waals surface area contributed by atoms with Crippen LogP contribution in [0.15, 0.2) is 47.3 Å². The molecule has 0 spiro atoms. The van der Waals surface area contributed by atoms with Gasteiger partial charge in [0, 0.05) is 6.04 Å². The van der Waals surface area contributed by atoms with Crippen LogP contribution in [0.5, 0.6) is 0 Å². The van der Waals surface area contributed by atoms with Crippen molar-refractivity contribution in [3.05, 3.63) is 74.6 Å². The highest BCUT2D eigenvalue weighted by Crippen LogP contribution is 2.29. The molecule has 2 heterocycles. The van der Waals surface area contributed by atoms with Crippen molar-refractivity contribution >= 4 is 38.3 Å². The molecule has 0 aliphatic rings. The van der Waals surface area contributed by atoms with Crippen molar-refractivity contribution in [2.24, 2.45) is 0 Å². The smallest absolute Gasteiger partial charge is 0.348 e. The molecule has 2 atom stereocenters. The second kappa shape index (κ2) is 8.61. The number of aromatic nitrogens is 2. The maximum absolute atomic E-state index is 12.8. The molecule has 2 unspecified atom stereocenters. The van der Waals surface area contributed by atoms with E-state index in [1.54, 1.807) is 13.8 Å². The van der Waals surface area contributed by atoms with Gasteiger partial charge in [-0.2, -0.15) is 0 Å². The maximum atomic E-state index is 12.8. The number of fused-ring (bicyclic) bond motifs is 2. The van der Waals surface area contributed by atoms with Crippen LogP contribution in [0.25, 0.3) is 21.0 Å². The zero-order valence-electron chi connectivity index (χ0n) is 18.0. The first-order valence-electron chi connectivity index (χ1n) is 10.3. The van der Waals surface area contributed by atoms with Gasteiger partial charge in [0.05, 0.1) is 18.0 Å². The number of aromatic amines is 1. The summed E-state index contributed by atoms with van der Waals surface area (Å²) in [5.74, 6) is 0.126. The Morgan fingerprint density at radius 2 is 1.90 bits per heavy atom. The highest BCUT2D eigenvalue weighted by molar-refractivity contribution is 7.20. The van der Waals surface area contributed by atoms with Gasteiger partial charge in [0.25, 0.3) is 5.56 Å². The molecule has 4 aromatic rings. The first-order chi connectivity index (χ1) is 14.9. The van der Waals surface area contributed by atoms with Crippen LogP contribution in [-0.4, -0.2) is 22.5 Å². The van der Waals surface area contributed by atoms with Gasteiger partial charge in [0.15, 0.2) is 0 Å². The highest BCUT2D eigenvalue weighted by atomic mass is 32.1. The molecule has 2 aromatic heterocycles. The van der Waals surface area contributed by atoms with Crippen molar-refractivity contribution in [1.29, 1.82) is 0 Å². The van der Waals surface area contributed by atoms with Crippen LogP contribution in [0.2, 0.25) is 0 Å². The molecule has 160 valence electrons. The Labute approximate surface area is 184 Å². The quantitative estimate of drug-likeness (QED) is 0.415. The predicted molar refractivity (Wildman–Crippen MR) is 125 cm³/mol. The lowest BCUT2D eigenvalue weighted by Gasteiger charge is -2.21. The topological polar surface area (TPSA) is 84.1 Å². The zero-order chi connectivity index (χ0) is 22.1. The number of ether oxygens (including phenoxy) is 1. The second-order valence-corrected chi connectivity index (χ2v) is 8.59. The summed E-state index contributed by atoms with van der Waals surface area (Å²) in [7, 11) is 0. The van der Waals surface area contributed by atoms with Crippen LogP contribution in [-0.2, 0) is 4.74 Å². The van der Waals surface area contributed by atoms with E-state index in [1.165, 1.54) is 27.7 Å². The average Bonchev–Trinajstić information content (AvgIpc) is 3.10. The molecule has 0 aliphatic carbocycles. The lowest BCUT2D eigenvalue weighted by Crippen LogP contribution is -2.26. The van der Waals surface area contributed by atoms with Crippen LogP contribution in [0.4, 0.5) is 0 Å². The number of aryl methyl sites for hydroxylation is 1. The molecule has 0 bridgehead atoms. The van der Waals surface area contributed by atoms with Gasteiger partial charge in [-0.3, -0.25) is 4.79 Å². The Hall–Kier alpha value is -3.03. The molecule has 7 heteroatoms. The normalized spacial score (nSPS) is 13.4. The molecule has 0 saturated carbocycles. The van der Waals surface area contributed by atoms with Crippen molar-refractivity contribution in [3.8, 4) is 0 Å². The van der Waals surface area contributed by atoms with E-state index in [0.29, 0.717) is 26.5 Å². The number of nitrogens with zero attached hydrogens (tertiary/aromatic N) is 1. The van der Waals surface area contributed by atoms with Crippen molar-refractivity contribution in [2.45, 2.75) is 39.8 Å². The molecule has 0 aliphatic heterocycles. The van der Waals surface area contributed by atoms with Gasteiger partial charge < -0.3 is 15.0 Å². The third kappa shape index (κ3) is 3.98. The van der Waals surface area contributed by atoms with Crippen molar-refractivity contribution in [3.63, 3.8) is 0 Å². The van der Waals surface area contributed by atoms with Crippen molar-refractivity contribution in [1.82, 2.24) is 15.3 Å². The Kier molecular flexibility index (Phi) is 5.89. The second-order valence-electron chi connectivity index (χ2n) is 7.59. The van der Waals surface area contributed by atoms with E-state index < -0.39 is 5.97 Å². The largest absolute Gasteiger partial charge is 0.462 e. The Morgan fingerprint density at radius 1 is 1.16 bits per heavy atom. The van der Waals surface area contributed by atoms with E-state index in [4.69, 9.17) is 4.74 Å². The van der Waals surface area contributed by atoms with Gasteiger partial charge in [-0.05, 0) is 49.6 Å². The van der Waals surface area contributed by atoms with Crippen LogP contribution < -0.4 is 10.9 Å². The number of carbonyl (C=O) groups is 1. The molecule has 31 heavy (non-hydrogen) atoms. The molecular formula is C24H25N3O3S. The van der Waals surface area contributed by atoms with Gasteiger partial charge in [-0.25, -0.2) is 9.78 Å². The minimum Gasteiger partial charge on any atom is -0.462 e. The SMILES string of the molecule is CCOC(=O)c1sc2nc(C(C)NC(C)c3cccc4ccccc34)[nH]c(=O)c2c1C. The minimum absolute atomic E-state index is 0.0438. The first-order valence-corrected chi connectivity index (χ1v) is 11.2. The van der Waals surface area contributed by atoms with Crippen LogP contribution in [0.3, 0.4) is 0 Å². The van der Waals surface area contributed by atoms with Crippen LogP contribution >= 0.6 is 11.3 Å². The third-order valence-electron chi connectivity index (χ3n) is 5.48. The number of thiophene rings is 1. The summed E-state index contributed by atoms with van der Waals surface area (Å²) < 4.78 is 5.11. The molecule has 0 amide bonds. The van der Waals surface area contributed by atoms with Gasteiger partial charge in [0.1, 0.15) is 15.5 Å². The summed E-state index contributed by atoms with van der Waals surface area (Å²) in [6.07, 6.45) is 0. The molecule has 6 nitrogen and oxygen atoms in total. The fourth-order valence-electron chi connectivity index (χ4n) is 3.93. The number of H-pyrrole nitrogens is 1. The van der Waals surface area contributed by atoms with E-state index in [-0.39, 0.29) is 24.2 Å². The fourth-order valence-corrected chi connectivity index (χ4v) is 5.01. The zero-order valence-corrected chi connectivity index (χ0v) is 18.8.